The Labute approximate surface area is 134 Å². The van der Waals surface area contributed by atoms with Crippen LogP contribution in [0.1, 0.15) is 77.0 Å². The molecule has 0 bridgehead atoms. The number of rotatable bonds is 1. The van der Waals surface area contributed by atoms with Crippen LogP contribution in [0.4, 0.5) is 0 Å². The van der Waals surface area contributed by atoms with Crippen LogP contribution in [0.25, 0.3) is 0 Å². The lowest BCUT2D eigenvalue weighted by Gasteiger charge is -2.29. The smallest absolute Gasteiger partial charge is 0.311 e. The van der Waals surface area contributed by atoms with Crippen LogP contribution in [0.15, 0.2) is 30.5 Å². The number of hydrogen-bond acceptors (Lipinski definition) is 2. The standard InChI is InChI=1S/C20H28O2/c1-13-8-14(11-18(21)22-13)15-9-16(19(2,3)4)12-17(10-15)20(5,6)7/h9-10,12,14H,1,8,11H2,2-7H3. The molecule has 1 fully saturated rings. The summed E-state index contributed by atoms with van der Waals surface area (Å²) in [6.45, 7) is 17.2. The minimum absolute atomic E-state index is 0.0855. The number of carbonyl (C=O) groups excluding carboxylic acids is 1. The van der Waals surface area contributed by atoms with Crippen molar-refractivity contribution in [2.75, 3.05) is 0 Å². The van der Waals surface area contributed by atoms with E-state index in [1.54, 1.807) is 0 Å². The van der Waals surface area contributed by atoms with Crippen molar-refractivity contribution in [1.29, 1.82) is 0 Å². The minimum atomic E-state index is -0.167. The van der Waals surface area contributed by atoms with E-state index in [4.69, 9.17) is 4.74 Å². The average Bonchev–Trinajstić information content (AvgIpc) is 2.35. The van der Waals surface area contributed by atoms with Gasteiger partial charge in [-0.2, -0.15) is 0 Å². The molecule has 1 aliphatic heterocycles. The molecule has 1 saturated heterocycles. The Morgan fingerprint density at radius 2 is 1.45 bits per heavy atom. The summed E-state index contributed by atoms with van der Waals surface area (Å²) in [5.74, 6) is 0.594. The maximum absolute atomic E-state index is 11.7. The zero-order valence-corrected chi connectivity index (χ0v) is 14.7. The third kappa shape index (κ3) is 3.79. The molecule has 0 aromatic heterocycles. The van der Waals surface area contributed by atoms with Crippen molar-refractivity contribution < 1.29 is 9.53 Å². The largest absolute Gasteiger partial charge is 0.432 e. The van der Waals surface area contributed by atoms with Gasteiger partial charge in [0.2, 0.25) is 0 Å². The van der Waals surface area contributed by atoms with Crippen LogP contribution < -0.4 is 0 Å². The number of allylic oxidation sites excluding steroid dienone is 1. The van der Waals surface area contributed by atoms with Gasteiger partial charge < -0.3 is 4.74 Å². The third-order valence-electron chi connectivity index (χ3n) is 4.30. The molecule has 0 amide bonds. The van der Waals surface area contributed by atoms with E-state index >= 15 is 0 Å². The molecule has 1 aromatic rings. The fraction of sp³-hybridized carbons (Fsp3) is 0.550. The van der Waals surface area contributed by atoms with E-state index in [1.165, 1.54) is 16.7 Å². The van der Waals surface area contributed by atoms with E-state index in [0.717, 1.165) is 6.42 Å². The van der Waals surface area contributed by atoms with Gasteiger partial charge in [-0.1, -0.05) is 66.3 Å². The summed E-state index contributed by atoms with van der Waals surface area (Å²) in [4.78, 5) is 11.7. The van der Waals surface area contributed by atoms with E-state index in [1.807, 2.05) is 0 Å². The lowest BCUT2D eigenvalue weighted by Crippen LogP contribution is -2.21. The summed E-state index contributed by atoms with van der Waals surface area (Å²) in [6, 6.07) is 6.82. The monoisotopic (exact) mass is 300 g/mol. The zero-order chi connectivity index (χ0) is 16.7. The molecule has 120 valence electrons. The van der Waals surface area contributed by atoms with E-state index in [9.17, 15) is 4.79 Å². The first-order valence-corrected chi connectivity index (χ1v) is 8.01. The predicted molar refractivity (Wildman–Crippen MR) is 91.0 cm³/mol. The Morgan fingerprint density at radius 1 is 0.955 bits per heavy atom. The fourth-order valence-electron chi connectivity index (χ4n) is 2.78. The van der Waals surface area contributed by atoms with Gasteiger partial charge in [0.1, 0.15) is 5.76 Å². The number of cyclic esters (lactones) is 1. The second-order valence-electron chi connectivity index (χ2n) is 8.46. The second-order valence-corrected chi connectivity index (χ2v) is 8.46. The number of esters is 1. The van der Waals surface area contributed by atoms with Gasteiger partial charge >= 0.3 is 5.97 Å². The molecule has 1 aliphatic rings. The van der Waals surface area contributed by atoms with Gasteiger partial charge in [0, 0.05) is 12.3 Å². The highest BCUT2D eigenvalue weighted by atomic mass is 16.5. The summed E-state index contributed by atoms with van der Waals surface area (Å²) in [7, 11) is 0. The molecule has 2 nitrogen and oxygen atoms in total. The van der Waals surface area contributed by atoms with E-state index in [2.05, 4.69) is 66.3 Å². The molecule has 0 spiro atoms. The summed E-state index contributed by atoms with van der Waals surface area (Å²) in [5, 5.41) is 0. The SMILES string of the molecule is C=C1CC(c2cc(C(C)(C)C)cc(C(C)(C)C)c2)CC(=O)O1. The van der Waals surface area contributed by atoms with Crippen LogP contribution in [-0.2, 0) is 20.4 Å². The molecule has 0 saturated carbocycles. The minimum Gasteiger partial charge on any atom is -0.432 e. The molecule has 0 aliphatic carbocycles. The molecule has 1 unspecified atom stereocenters. The number of ether oxygens (including phenoxy) is 1. The van der Waals surface area contributed by atoms with Crippen molar-refractivity contribution in [2.45, 2.75) is 71.1 Å². The van der Waals surface area contributed by atoms with Crippen LogP contribution >= 0.6 is 0 Å². The van der Waals surface area contributed by atoms with Gasteiger partial charge in [-0.25, -0.2) is 0 Å². The molecule has 1 aromatic carbocycles. The number of carbonyl (C=O) groups is 1. The summed E-state index contributed by atoms with van der Waals surface area (Å²) >= 11 is 0. The highest BCUT2D eigenvalue weighted by Crippen LogP contribution is 2.37. The van der Waals surface area contributed by atoms with Crippen molar-refractivity contribution in [3.63, 3.8) is 0 Å². The lowest BCUT2D eigenvalue weighted by atomic mass is 9.77. The highest BCUT2D eigenvalue weighted by molar-refractivity contribution is 5.73. The number of benzene rings is 1. The molecule has 2 heteroatoms. The van der Waals surface area contributed by atoms with Crippen molar-refractivity contribution >= 4 is 5.97 Å². The average molecular weight is 300 g/mol. The van der Waals surface area contributed by atoms with Gasteiger partial charge in [-0.3, -0.25) is 4.79 Å². The molecular formula is C20H28O2. The van der Waals surface area contributed by atoms with Gasteiger partial charge in [0.05, 0.1) is 6.42 Å². The van der Waals surface area contributed by atoms with Crippen LogP contribution in [0.2, 0.25) is 0 Å². The van der Waals surface area contributed by atoms with Gasteiger partial charge in [-0.05, 0) is 27.5 Å². The van der Waals surface area contributed by atoms with Crippen LogP contribution in [0, 0.1) is 0 Å². The van der Waals surface area contributed by atoms with Crippen LogP contribution in [0.3, 0.4) is 0 Å². The topological polar surface area (TPSA) is 26.3 Å². The van der Waals surface area contributed by atoms with E-state index in [0.29, 0.717) is 12.2 Å². The zero-order valence-electron chi connectivity index (χ0n) is 14.7. The van der Waals surface area contributed by atoms with Crippen molar-refractivity contribution in [3.8, 4) is 0 Å². The Hall–Kier alpha value is -1.57. The maximum atomic E-state index is 11.7. The molecule has 0 radical (unpaired) electrons. The predicted octanol–water partition coefficient (Wildman–Crippen LogP) is 5.22. The first-order chi connectivity index (χ1) is 9.96. The molecule has 1 heterocycles. The maximum Gasteiger partial charge on any atom is 0.311 e. The Morgan fingerprint density at radius 3 is 1.86 bits per heavy atom. The lowest BCUT2D eigenvalue weighted by molar-refractivity contribution is -0.142. The van der Waals surface area contributed by atoms with Gasteiger partial charge in [-0.15, -0.1) is 0 Å². The molecule has 0 N–H and O–H groups in total. The molecule has 22 heavy (non-hydrogen) atoms. The third-order valence-corrected chi connectivity index (χ3v) is 4.30. The quantitative estimate of drug-likeness (QED) is 0.665. The van der Waals surface area contributed by atoms with Crippen molar-refractivity contribution in [3.05, 3.63) is 47.2 Å². The fourth-order valence-corrected chi connectivity index (χ4v) is 2.78. The summed E-state index contributed by atoms with van der Waals surface area (Å²) < 4.78 is 5.10. The second kappa shape index (κ2) is 5.57. The molecule has 1 atom stereocenters. The first-order valence-electron chi connectivity index (χ1n) is 8.01. The van der Waals surface area contributed by atoms with Crippen molar-refractivity contribution in [1.82, 2.24) is 0 Å². The normalized spacial score (nSPS) is 20.0. The van der Waals surface area contributed by atoms with E-state index in [-0.39, 0.29) is 22.7 Å². The van der Waals surface area contributed by atoms with E-state index < -0.39 is 0 Å². The van der Waals surface area contributed by atoms with Crippen LogP contribution in [-0.4, -0.2) is 5.97 Å². The summed E-state index contributed by atoms with van der Waals surface area (Å²) in [5.41, 5.74) is 4.04. The number of hydrogen-bond donors (Lipinski definition) is 0. The van der Waals surface area contributed by atoms with Crippen molar-refractivity contribution in [2.24, 2.45) is 0 Å². The van der Waals surface area contributed by atoms with Crippen LogP contribution in [0.5, 0.6) is 0 Å². The summed E-state index contributed by atoms with van der Waals surface area (Å²) in [6.07, 6.45) is 1.17. The molecule has 2 rings (SSSR count). The Bertz CT molecular complexity index is 549. The molecular weight excluding hydrogens is 272 g/mol. The van der Waals surface area contributed by atoms with Gasteiger partial charge in [0.15, 0.2) is 0 Å². The Kier molecular flexibility index (Phi) is 4.25. The van der Waals surface area contributed by atoms with Gasteiger partial charge in [0.25, 0.3) is 0 Å². The highest BCUT2D eigenvalue weighted by Gasteiger charge is 2.28. The Balaban J connectivity index is 2.50. The first kappa shape index (κ1) is 16.8.